The normalized spacial score (nSPS) is 31.8. The highest BCUT2D eigenvalue weighted by atomic mass is 32.2. The van der Waals surface area contributed by atoms with Crippen LogP contribution in [0.25, 0.3) is 0 Å². The number of esters is 1. The molecule has 4 heterocycles. The zero-order valence-electron chi connectivity index (χ0n) is 23.4. The van der Waals surface area contributed by atoms with Gasteiger partial charge in [-0.3, -0.25) is 19.3 Å². The fraction of sp³-hybridized carbons (Fsp3) is 0.759. The highest BCUT2D eigenvalue weighted by molar-refractivity contribution is 8.02. The van der Waals surface area contributed by atoms with Crippen LogP contribution in [0.2, 0.25) is 0 Å². The summed E-state index contributed by atoms with van der Waals surface area (Å²) in [5.74, 6) is -1.67. The van der Waals surface area contributed by atoms with E-state index >= 15 is 0 Å². The summed E-state index contributed by atoms with van der Waals surface area (Å²) in [5.41, 5.74) is 0. The molecule has 0 saturated carbocycles. The van der Waals surface area contributed by atoms with Gasteiger partial charge in [0.05, 0.1) is 29.8 Å². The zero-order chi connectivity index (χ0) is 28.0. The van der Waals surface area contributed by atoms with Gasteiger partial charge < -0.3 is 24.4 Å². The number of morpholine rings is 1. The van der Waals surface area contributed by atoms with Gasteiger partial charge in [-0.15, -0.1) is 18.3 Å². The number of hydrogen-bond acceptors (Lipinski definition) is 8. The smallest absolute Gasteiger partial charge is 0.311 e. The Balaban J connectivity index is 1.61. The van der Waals surface area contributed by atoms with E-state index in [-0.39, 0.29) is 31.0 Å². The molecule has 4 rings (SSSR count). The number of aliphatic hydroxyl groups excluding tert-OH is 1. The van der Waals surface area contributed by atoms with Gasteiger partial charge in [0.2, 0.25) is 11.8 Å². The SMILES string of the molecule is C=CCOC(=O)[C@H]1[C@H]2C(=O)N(CCCCCCO)C(C(=O)N(CC=C)CCN3CCOCC3)C23CC[C@]1(C)S3. The van der Waals surface area contributed by atoms with Crippen LogP contribution in [0.5, 0.6) is 0 Å². The Kier molecular flexibility index (Phi) is 10.2. The Morgan fingerprint density at radius 1 is 1.15 bits per heavy atom. The Bertz CT molecular complexity index is 927. The van der Waals surface area contributed by atoms with Crippen LogP contribution in [0, 0.1) is 11.8 Å². The highest BCUT2D eigenvalue weighted by Crippen LogP contribution is 2.71. The van der Waals surface area contributed by atoms with Gasteiger partial charge in [0.1, 0.15) is 12.6 Å². The molecule has 5 atom stereocenters. The molecule has 4 aliphatic heterocycles. The monoisotopic (exact) mass is 563 g/mol. The summed E-state index contributed by atoms with van der Waals surface area (Å²) in [7, 11) is 0. The molecule has 0 radical (unpaired) electrons. The third-order valence-corrected chi connectivity index (χ3v) is 10.9. The van der Waals surface area contributed by atoms with Gasteiger partial charge >= 0.3 is 5.97 Å². The summed E-state index contributed by atoms with van der Waals surface area (Å²) in [4.78, 5) is 47.8. The fourth-order valence-corrected chi connectivity index (χ4v) is 9.33. The van der Waals surface area contributed by atoms with Crippen LogP contribution in [-0.2, 0) is 23.9 Å². The number of ether oxygens (including phenoxy) is 2. The number of fused-ring (bicyclic) bond motifs is 1. The largest absolute Gasteiger partial charge is 0.461 e. The lowest BCUT2D eigenvalue weighted by Gasteiger charge is -2.38. The molecule has 39 heavy (non-hydrogen) atoms. The first-order valence-electron chi connectivity index (χ1n) is 14.4. The van der Waals surface area contributed by atoms with Crippen LogP contribution < -0.4 is 0 Å². The number of nitrogens with zero attached hydrogens (tertiary/aromatic N) is 3. The minimum Gasteiger partial charge on any atom is -0.461 e. The lowest BCUT2D eigenvalue weighted by atomic mass is 9.66. The summed E-state index contributed by atoms with van der Waals surface area (Å²) in [6, 6.07) is -0.624. The number of aliphatic hydroxyl groups is 1. The second-order valence-electron chi connectivity index (χ2n) is 11.3. The first-order valence-corrected chi connectivity index (χ1v) is 15.2. The maximum atomic E-state index is 14.4. The number of thioether (sulfide) groups is 1. The number of likely N-dealkylation sites (tertiary alicyclic amines) is 1. The maximum Gasteiger partial charge on any atom is 0.311 e. The molecule has 218 valence electrons. The quantitative estimate of drug-likeness (QED) is 0.184. The van der Waals surface area contributed by atoms with Crippen LogP contribution in [-0.4, -0.2) is 119 Å². The van der Waals surface area contributed by atoms with Crippen molar-refractivity contribution in [3.63, 3.8) is 0 Å². The number of amides is 2. The molecule has 2 amide bonds. The van der Waals surface area contributed by atoms with Gasteiger partial charge in [-0.25, -0.2) is 0 Å². The minimum atomic E-state index is -0.649. The first kappa shape index (κ1) is 30.1. The van der Waals surface area contributed by atoms with Gasteiger partial charge in [-0.2, -0.15) is 0 Å². The third-order valence-electron chi connectivity index (χ3n) is 8.87. The van der Waals surface area contributed by atoms with Crippen LogP contribution in [0.1, 0.15) is 45.4 Å². The predicted octanol–water partition coefficient (Wildman–Crippen LogP) is 2.10. The number of carbonyl (C=O) groups excluding carboxylic acids is 3. The second kappa shape index (κ2) is 13.2. The fourth-order valence-electron chi connectivity index (χ4n) is 6.99. The summed E-state index contributed by atoms with van der Waals surface area (Å²) >= 11 is 1.67. The van der Waals surface area contributed by atoms with Gasteiger partial charge in [-0.05, 0) is 32.6 Å². The molecule has 9 nitrogen and oxygen atoms in total. The van der Waals surface area contributed by atoms with Crippen molar-refractivity contribution in [3.8, 4) is 0 Å². The van der Waals surface area contributed by atoms with Crippen LogP contribution in [0.4, 0.5) is 0 Å². The van der Waals surface area contributed by atoms with Crippen molar-refractivity contribution in [2.45, 2.75) is 61.0 Å². The molecular formula is C29H45N3O6S. The average Bonchev–Trinajstić information content (AvgIpc) is 3.50. The summed E-state index contributed by atoms with van der Waals surface area (Å²) in [6.45, 7) is 15.1. The van der Waals surface area contributed by atoms with Crippen molar-refractivity contribution in [1.29, 1.82) is 0 Å². The number of hydrogen-bond donors (Lipinski definition) is 1. The number of rotatable bonds is 15. The van der Waals surface area contributed by atoms with E-state index in [0.717, 1.165) is 58.2 Å². The van der Waals surface area contributed by atoms with E-state index in [4.69, 9.17) is 14.6 Å². The molecule has 4 aliphatic rings. The molecular weight excluding hydrogens is 518 g/mol. The molecule has 0 aromatic rings. The molecule has 0 aliphatic carbocycles. The topological polar surface area (TPSA) is 99.6 Å². The molecule has 4 fully saturated rings. The summed E-state index contributed by atoms with van der Waals surface area (Å²) in [6.07, 6.45) is 7.99. The van der Waals surface area contributed by atoms with Gasteiger partial charge in [0.25, 0.3) is 0 Å². The molecule has 0 aromatic heterocycles. The van der Waals surface area contributed by atoms with E-state index in [1.807, 2.05) is 4.90 Å². The molecule has 2 bridgehead atoms. The lowest BCUT2D eigenvalue weighted by molar-refractivity contribution is -0.154. The van der Waals surface area contributed by atoms with E-state index in [9.17, 15) is 14.4 Å². The van der Waals surface area contributed by atoms with E-state index in [2.05, 4.69) is 25.0 Å². The molecule has 1 N–H and O–H groups in total. The third kappa shape index (κ3) is 5.94. The number of carbonyl (C=O) groups is 3. The van der Waals surface area contributed by atoms with Crippen molar-refractivity contribution < 1.29 is 29.0 Å². The molecule has 0 aromatic carbocycles. The molecule has 10 heteroatoms. The van der Waals surface area contributed by atoms with Crippen LogP contribution in [0.3, 0.4) is 0 Å². The predicted molar refractivity (Wildman–Crippen MR) is 151 cm³/mol. The van der Waals surface area contributed by atoms with E-state index < -0.39 is 27.4 Å². The summed E-state index contributed by atoms with van der Waals surface area (Å²) < 4.78 is 9.88. The summed E-state index contributed by atoms with van der Waals surface area (Å²) in [5, 5.41) is 9.15. The maximum absolute atomic E-state index is 14.4. The van der Waals surface area contributed by atoms with Crippen molar-refractivity contribution in [3.05, 3.63) is 25.3 Å². The zero-order valence-corrected chi connectivity index (χ0v) is 24.2. The highest BCUT2D eigenvalue weighted by Gasteiger charge is 2.77. The van der Waals surface area contributed by atoms with Crippen molar-refractivity contribution in [1.82, 2.24) is 14.7 Å². The minimum absolute atomic E-state index is 0.0498. The first-order chi connectivity index (χ1) is 18.8. The van der Waals surface area contributed by atoms with Crippen molar-refractivity contribution >= 4 is 29.5 Å². The molecule has 1 spiro atoms. The van der Waals surface area contributed by atoms with E-state index in [1.165, 1.54) is 0 Å². The Labute approximate surface area is 236 Å². The van der Waals surface area contributed by atoms with Crippen molar-refractivity contribution in [2.24, 2.45) is 11.8 Å². The Morgan fingerprint density at radius 3 is 2.59 bits per heavy atom. The molecule has 2 unspecified atom stereocenters. The van der Waals surface area contributed by atoms with E-state index in [1.54, 1.807) is 28.8 Å². The Morgan fingerprint density at radius 2 is 1.90 bits per heavy atom. The Hall–Kier alpha value is -1.88. The van der Waals surface area contributed by atoms with Gasteiger partial charge in [0.15, 0.2) is 0 Å². The standard InChI is InChI=1S/C29H45N3O6S/c1-4-12-31(15-14-30-16-20-37-21-17-30)26(35)24-29-11-10-28(3,39-29)23(27(36)38-19-5-2)22(29)25(34)32(24)13-8-6-7-9-18-33/h4-5,22-24,33H,1-2,6-21H2,3H3/t22-,23+,24?,28-,29?/m0/s1. The van der Waals surface area contributed by atoms with Crippen LogP contribution >= 0.6 is 11.8 Å². The van der Waals surface area contributed by atoms with Gasteiger partial charge in [-0.1, -0.05) is 31.6 Å². The molecule has 4 saturated heterocycles. The number of unbranched alkanes of at least 4 members (excludes halogenated alkanes) is 3. The lowest BCUT2D eigenvalue weighted by Crippen LogP contribution is -2.56. The van der Waals surface area contributed by atoms with Crippen LogP contribution in [0.15, 0.2) is 25.3 Å². The van der Waals surface area contributed by atoms with Crippen molar-refractivity contribution in [2.75, 3.05) is 65.7 Å². The average molecular weight is 564 g/mol. The van der Waals surface area contributed by atoms with Gasteiger partial charge in [0, 0.05) is 50.6 Å². The van der Waals surface area contributed by atoms with E-state index in [0.29, 0.717) is 32.8 Å². The second-order valence-corrected chi connectivity index (χ2v) is 13.2.